The maximum absolute atomic E-state index is 11.9. The normalized spacial score (nSPS) is 9.94. The highest BCUT2D eigenvalue weighted by Gasteiger charge is 2.11. The van der Waals surface area contributed by atoms with E-state index in [1.807, 2.05) is 13.0 Å². The van der Waals surface area contributed by atoms with Gasteiger partial charge >= 0.3 is 0 Å². The fraction of sp³-hybridized carbons (Fsp3) is 0.0833. The Morgan fingerprint density at radius 2 is 2.18 bits per heavy atom. The van der Waals surface area contributed by atoms with E-state index in [0.29, 0.717) is 11.4 Å². The van der Waals surface area contributed by atoms with Gasteiger partial charge in [0.1, 0.15) is 0 Å². The molecule has 2 heterocycles. The lowest BCUT2D eigenvalue weighted by molar-refractivity contribution is 0.102. The molecule has 2 aromatic heterocycles. The molecule has 2 aromatic rings. The maximum Gasteiger partial charge on any atom is 0.276 e. The molecule has 1 amide bonds. The second-order valence-electron chi connectivity index (χ2n) is 3.59. The lowest BCUT2D eigenvalue weighted by Gasteiger charge is -2.08. The molecular weight excluding hydrogens is 216 g/mol. The summed E-state index contributed by atoms with van der Waals surface area (Å²) < 4.78 is 0. The van der Waals surface area contributed by atoms with Crippen LogP contribution in [-0.2, 0) is 0 Å². The third-order valence-corrected chi connectivity index (χ3v) is 2.34. The predicted molar refractivity (Wildman–Crippen MR) is 65.6 cm³/mol. The molecule has 0 unspecified atom stereocenters. The number of nitrogens with zero attached hydrogens (tertiary/aromatic N) is 2. The van der Waals surface area contributed by atoms with Crippen molar-refractivity contribution < 1.29 is 4.79 Å². The Bertz CT molecular complexity index is 554. The third kappa shape index (κ3) is 2.39. The quantitative estimate of drug-likeness (QED) is 0.818. The highest BCUT2D eigenvalue weighted by molar-refractivity contribution is 6.06. The standard InChI is InChI=1S/C12H12N4O/c1-8-4-6-14-7-10(8)16-12(17)11-9(13)3-2-5-15-11/h2-7H,13H2,1H3,(H,16,17). The Labute approximate surface area is 98.7 Å². The second kappa shape index (κ2) is 4.61. The van der Waals surface area contributed by atoms with Crippen molar-refractivity contribution in [1.29, 1.82) is 0 Å². The van der Waals surface area contributed by atoms with Crippen LogP contribution in [0.4, 0.5) is 11.4 Å². The fourth-order valence-corrected chi connectivity index (χ4v) is 1.38. The number of aromatic nitrogens is 2. The van der Waals surface area contributed by atoms with Crippen LogP contribution in [0.5, 0.6) is 0 Å². The SMILES string of the molecule is Cc1ccncc1NC(=O)c1ncccc1N. The van der Waals surface area contributed by atoms with E-state index in [9.17, 15) is 4.79 Å². The number of anilines is 2. The number of pyridine rings is 2. The minimum atomic E-state index is -0.334. The van der Waals surface area contributed by atoms with Gasteiger partial charge < -0.3 is 11.1 Å². The molecule has 0 aliphatic rings. The first kappa shape index (κ1) is 11.1. The Morgan fingerprint density at radius 1 is 1.35 bits per heavy atom. The Morgan fingerprint density at radius 3 is 2.88 bits per heavy atom. The predicted octanol–water partition coefficient (Wildman–Crippen LogP) is 1.62. The van der Waals surface area contributed by atoms with Gasteiger partial charge in [-0.25, -0.2) is 4.98 Å². The van der Waals surface area contributed by atoms with Crippen LogP contribution in [0.25, 0.3) is 0 Å². The van der Waals surface area contributed by atoms with Crippen LogP contribution in [0.15, 0.2) is 36.8 Å². The van der Waals surface area contributed by atoms with E-state index >= 15 is 0 Å². The van der Waals surface area contributed by atoms with Gasteiger partial charge in [0.25, 0.3) is 5.91 Å². The van der Waals surface area contributed by atoms with E-state index in [4.69, 9.17) is 5.73 Å². The molecule has 0 bridgehead atoms. The molecule has 5 nitrogen and oxygen atoms in total. The molecule has 0 radical (unpaired) electrons. The zero-order chi connectivity index (χ0) is 12.3. The number of rotatable bonds is 2. The molecule has 0 saturated heterocycles. The molecule has 0 aliphatic heterocycles. The van der Waals surface area contributed by atoms with E-state index in [1.165, 1.54) is 6.20 Å². The van der Waals surface area contributed by atoms with E-state index < -0.39 is 0 Å². The number of nitrogens with one attached hydrogen (secondary N) is 1. The minimum absolute atomic E-state index is 0.218. The topological polar surface area (TPSA) is 80.9 Å². The molecule has 3 N–H and O–H groups in total. The summed E-state index contributed by atoms with van der Waals surface area (Å²) >= 11 is 0. The number of carbonyl (C=O) groups excluding carboxylic acids is 1. The van der Waals surface area contributed by atoms with Crippen LogP contribution < -0.4 is 11.1 Å². The van der Waals surface area contributed by atoms with Gasteiger partial charge in [0.05, 0.1) is 17.6 Å². The molecule has 0 fully saturated rings. The first-order valence-electron chi connectivity index (χ1n) is 5.11. The molecule has 2 rings (SSSR count). The molecule has 86 valence electrons. The van der Waals surface area contributed by atoms with Crippen molar-refractivity contribution in [2.75, 3.05) is 11.1 Å². The first-order chi connectivity index (χ1) is 8.18. The van der Waals surface area contributed by atoms with Crippen LogP contribution in [0.2, 0.25) is 0 Å². The van der Waals surface area contributed by atoms with Gasteiger partial charge in [-0.1, -0.05) is 0 Å². The maximum atomic E-state index is 11.9. The molecule has 0 atom stereocenters. The van der Waals surface area contributed by atoms with Gasteiger partial charge in [-0.2, -0.15) is 0 Å². The minimum Gasteiger partial charge on any atom is -0.397 e. The molecule has 0 saturated carbocycles. The number of hydrogen-bond donors (Lipinski definition) is 2. The van der Waals surface area contributed by atoms with Crippen LogP contribution >= 0.6 is 0 Å². The molecule has 0 spiro atoms. The zero-order valence-electron chi connectivity index (χ0n) is 9.34. The lowest BCUT2D eigenvalue weighted by atomic mass is 10.2. The summed E-state index contributed by atoms with van der Waals surface area (Å²) in [7, 11) is 0. The Balaban J connectivity index is 2.24. The first-order valence-corrected chi connectivity index (χ1v) is 5.11. The monoisotopic (exact) mass is 228 g/mol. The van der Waals surface area contributed by atoms with E-state index in [-0.39, 0.29) is 11.6 Å². The van der Waals surface area contributed by atoms with E-state index in [1.54, 1.807) is 24.5 Å². The number of amides is 1. The summed E-state index contributed by atoms with van der Waals surface area (Å²) in [4.78, 5) is 19.8. The van der Waals surface area contributed by atoms with Gasteiger partial charge in [0, 0.05) is 12.4 Å². The fourth-order valence-electron chi connectivity index (χ4n) is 1.38. The average Bonchev–Trinajstić information content (AvgIpc) is 2.32. The van der Waals surface area contributed by atoms with Crippen molar-refractivity contribution >= 4 is 17.3 Å². The van der Waals surface area contributed by atoms with Gasteiger partial charge in [-0.3, -0.25) is 9.78 Å². The van der Waals surface area contributed by atoms with Crippen LogP contribution in [-0.4, -0.2) is 15.9 Å². The van der Waals surface area contributed by atoms with E-state index in [2.05, 4.69) is 15.3 Å². The summed E-state index contributed by atoms with van der Waals surface area (Å²) in [5.41, 5.74) is 7.83. The van der Waals surface area contributed by atoms with Gasteiger partial charge in [0.2, 0.25) is 0 Å². The highest BCUT2D eigenvalue weighted by atomic mass is 16.1. The highest BCUT2D eigenvalue weighted by Crippen LogP contribution is 2.14. The van der Waals surface area contributed by atoms with Gasteiger partial charge in [-0.05, 0) is 30.7 Å². The molecule has 5 heteroatoms. The molecular formula is C12H12N4O. The van der Waals surface area contributed by atoms with Crippen LogP contribution in [0.1, 0.15) is 16.1 Å². The van der Waals surface area contributed by atoms with Gasteiger partial charge in [0.15, 0.2) is 5.69 Å². The van der Waals surface area contributed by atoms with Crippen molar-refractivity contribution in [3.63, 3.8) is 0 Å². The van der Waals surface area contributed by atoms with Crippen molar-refractivity contribution in [1.82, 2.24) is 9.97 Å². The summed E-state index contributed by atoms with van der Waals surface area (Å²) in [6, 6.07) is 5.14. The summed E-state index contributed by atoms with van der Waals surface area (Å²) in [5.74, 6) is -0.334. The largest absolute Gasteiger partial charge is 0.397 e. The number of carbonyl (C=O) groups is 1. The summed E-state index contributed by atoms with van der Waals surface area (Å²) in [5, 5.41) is 2.72. The van der Waals surface area contributed by atoms with Crippen molar-refractivity contribution in [3.8, 4) is 0 Å². The summed E-state index contributed by atoms with van der Waals surface area (Å²) in [6.07, 6.45) is 4.79. The average molecular weight is 228 g/mol. The number of hydrogen-bond acceptors (Lipinski definition) is 4. The van der Waals surface area contributed by atoms with E-state index in [0.717, 1.165) is 5.56 Å². The smallest absolute Gasteiger partial charge is 0.276 e. The van der Waals surface area contributed by atoms with Gasteiger partial charge in [-0.15, -0.1) is 0 Å². The molecule has 0 aliphatic carbocycles. The Hall–Kier alpha value is -2.43. The molecule has 17 heavy (non-hydrogen) atoms. The zero-order valence-corrected chi connectivity index (χ0v) is 9.34. The van der Waals surface area contributed by atoms with Crippen molar-refractivity contribution in [2.24, 2.45) is 0 Å². The number of nitrogens with two attached hydrogens (primary N) is 1. The number of nitrogen functional groups attached to an aromatic ring is 1. The summed E-state index contributed by atoms with van der Waals surface area (Å²) in [6.45, 7) is 1.89. The molecule has 0 aromatic carbocycles. The van der Waals surface area contributed by atoms with Crippen LogP contribution in [0, 0.1) is 6.92 Å². The van der Waals surface area contributed by atoms with Crippen LogP contribution in [0.3, 0.4) is 0 Å². The van der Waals surface area contributed by atoms with Crippen molar-refractivity contribution in [3.05, 3.63) is 48.0 Å². The third-order valence-electron chi connectivity index (χ3n) is 2.34. The lowest BCUT2D eigenvalue weighted by Crippen LogP contribution is -2.16. The number of aryl methyl sites for hydroxylation is 1. The van der Waals surface area contributed by atoms with Crippen molar-refractivity contribution in [2.45, 2.75) is 6.92 Å². The second-order valence-corrected chi connectivity index (χ2v) is 3.59. The Kier molecular flexibility index (Phi) is 3.00.